The summed E-state index contributed by atoms with van der Waals surface area (Å²) in [6.07, 6.45) is 3.10. The molecule has 0 spiro atoms. The third-order valence-corrected chi connectivity index (χ3v) is 3.84. The predicted molar refractivity (Wildman–Crippen MR) is 90.0 cm³/mol. The fourth-order valence-corrected chi connectivity index (χ4v) is 2.57. The molecule has 1 aliphatic rings. The lowest BCUT2D eigenvalue weighted by Crippen LogP contribution is -2.25. The Hall–Kier alpha value is -3.34. The van der Waals surface area contributed by atoms with Crippen LogP contribution in [-0.2, 0) is 0 Å². The molecule has 5 nitrogen and oxygen atoms in total. The van der Waals surface area contributed by atoms with Crippen LogP contribution in [0.1, 0.15) is 26.3 Å². The number of rotatable bonds is 3. The fraction of sp³-hybridized carbons (Fsp3) is 0.0526. The Morgan fingerprint density at radius 2 is 1.67 bits per heavy atom. The lowest BCUT2D eigenvalue weighted by Gasteiger charge is -2.16. The second-order valence-electron chi connectivity index (χ2n) is 5.30. The van der Waals surface area contributed by atoms with Crippen LogP contribution in [0.25, 0.3) is 6.08 Å². The monoisotopic (exact) mass is 321 g/mol. The number of hydrogen-bond donors (Lipinski definition) is 2. The minimum Gasteiger partial charge on any atom is -0.504 e. The second-order valence-corrected chi connectivity index (χ2v) is 5.30. The molecule has 3 rings (SSSR count). The molecule has 0 aromatic heterocycles. The molecule has 0 radical (unpaired) electrons. The molecule has 120 valence electrons. The van der Waals surface area contributed by atoms with Crippen LogP contribution in [-0.4, -0.2) is 23.8 Å². The molecule has 0 unspecified atom stereocenters. The maximum atomic E-state index is 12.6. The molecule has 0 bridgehead atoms. The number of phenolic OH excluding ortho intramolecular Hbond substituents is 1. The van der Waals surface area contributed by atoms with Gasteiger partial charge < -0.3 is 15.6 Å². The molecule has 0 atom stereocenters. The van der Waals surface area contributed by atoms with Gasteiger partial charge in [-0.1, -0.05) is 36.4 Å². The first-order valence-corrected chi connectivity index (χ1v) is 7.26. The van der Waals surface area contributed by atoms with Crippen LogP contribution in [0.2, 0.25) is 0 Å². The van der Waals surface area contributed by atoms with E-state index >= 15 is 0 Å². The van der Waals surface area contributed by atoms with Gasteiger partial charge in [-0.05, 0) is 23.8 Å². The van der Waals surface area contributed by atoms with Crippen LogP contribution in [0.4, 0.5) is 0 Å². The smallest absolute Gasteiger partial charge is 0.210 e. The summed E-state index contributed by atoms with van der Waals surface area (Å²) in [6.45, 7) is 0. The third-order valence-electron chi connectivity index (χ3n) is 3.84. The van der Waals surface area contributed by atoms with Gasteiger partial charge in [0.2, 0.25) is 5.78 Å². The van der Waals surface area contributed by atoms with Crippen LogP contribution in [0.5, 0.6) is 11.5 Å². The van der Waals surface area contributed by atoms with Crippen molar-refractivity contribution in [2.24, 2.45) is 5.73 Å². The predicted octanol–water partition coefficient (Wildman–Crippen LogP) is 2.71. The number of hydrogen-bond acceptors (Lipinski definition) is 5. The van der Waals surface area contributed by atoms with Crippen LogP contribution >= 0.6 is 0 Å². The average Bonchev–Trinajstić information content (AvgIpc) is 2.60. The lowest BCUT2D eigenvalue weighted by molar-refractivity contribution is 0.0976. The van der Waals surface area contributed by atoms with Crippen LogP contribution in [0.3, 0.4) is 0 Å². The molecule has 2 aromatic carbocycles. The first-order chi connectivity index (χ1) is 11.5. The molecule has 0 amide bonds. The Morgan fingerprint density at radius 1 is 1.00 bits per heavy atom. The topological polar surface area (TPSA) is 89.6 Å². The Morgan fingerprint density at radius 3 is 2.29 bits per heavy atom. The highest BCUT2D eigenvalue weighted by Gasteiger charge is 2.28. The van der Waals surface area contributed by atoms with Gasteiger partial charge in [-0.3, -0.25) is 9.59 Å². The van der Waals surface area contributed by atoms with Gasteiger partial charge in [-0.2, -0.15) is 0 Å². The summed E-state index contributed by atoms with van der Waals surface area (Å²) >= 11 is 0. The number of benzene rings is 2. The maximum Gasteiger partial charge on any atom is 0.210 e. The van der Waals surface area contributed by atoms with E-state index in [0.29, 0.717) is 22.4 Å². The van der Waals surface area contributed by atoms with Crippen molar-refractivity contribution in [3.63, 3.8) is 0 Å². The van der Waals surface area contributed by atoms with Gasteiger partial charge in [0.15, 0.2) is 17.3 Å². The molecule has 3 N–H and O–H groups in total. The minimum atomic E-state index is -0.359. The van der Waals surface area contributed by atoms with E-state index in [9.17, 15) is 14.7 Å². The van der Waals surface area contributed by atoms with E-state index in [2.05, 4.69) is 0 Å². The summed E-state index contributed by atoms with van der Waals surface area (Å²) in [4.78, 5) is 24.8. The summed E-state index contributed by atoms with van der Waals surface area (Å²) in [5.41, 5.74) is 7.23. The van der Waals surface area contributed by atoms with E-state index in [4.69, 9.17) is 10.5 Å². The molecule has 0 saturated heterocycles. The number of allylic oxidation sites excluding steroid dienone is 3. The highest BCUT2D eigenvalue weighted by atomic mass is 16.5. The molecule has 5 heteroatoms. The summed E-state index contributed by atoms with van der Waals surface area (Å²) in [5.74, 6) is -0.319. The molecular weight excluding hydrogens is 306 g/mol. The second kappa shape index (κ2) is 6.04. The van der Waals surface area contributed by atoms with E-state index in [1.54, 1.807) is 42.5 Å². The Balaban J connectivity index is 1.98. The number of Topliss-reactive ketones (excluding diaryl/α,β-unsaturated/α-hetero) is 2. The zero-order valence-corrected chi connectivity index (χ0v) is 12.9. The summed E-state index contributed by atoms with van der Waals surface area (Å²) in [5, 5.41) is 9.79. The highest BCUT2D eigenvalue weighted by Crippen LogP contribution is 2.28. The first-order valence-electron chi connectivity index (χ1n) is 7.26. The van der Waals surface area contributed by atoms with Crippen molar-refractivity contribution in [1.29, 1.82) is 0 Å². The van der Waals surface area contributed by atoms with Crippen LogP contribution in [0.15, 0.2) is 59.8 Å². The van der Waals surface area contributed by atoms with Crippen molar-refractivity contribution >= 4 is 17.6 Å². The number of methoxy groups -OCH3 is 1. The van der Waals surface area contributed by atoms with E-state index in [1.165, 1.54) is 19.3 Å². The van der Waals surface area contributed by atoms with Gasteiger partial charge in [-0.15, -0.1) is 0 Å². The number of carbonyl (C=O) groups excluding carboxylic acids is 2. The van der Waals surface area contributed by atoms with E-state index in [1.807, 2.05) is 0 Å². The molecule has 1 aliphatic carbocycles. The van der Waals surface area contributed by atoms with Crippen molar-refractivity contribution in [3.8, 4) is 11.5 Å². The van der Waals surface area contributed by atoms with Gasteiger partial charge in [0.1, 0.15) is 0 Å². The van der Waals surface area contributed by atoms with Crippen molar-refractivity contribution < 1.29 is 19.4 Å². The van der Waals surface area contributed by atoms with Crippen molar-refractivity contribution in [2.75, 3.05) is 7.11 Å². The number of phenols is 1. The average molecular weight is 321 g/mol. The van der Waals surface area contributed by atoms with Crippen LogP contribution in [0, 0.1) is 0 Å². The van der Waals surface area contributed by atoms with Gasteiger partial charge in [0.25, 0.3) is 0 Å². The number of nitrogens with two attached hydrogens (primary N) is 1. The zero-order chi connectivity index (χ0) is 17.3. The molecule has 24 heavy (non-hydrogen) atoms. The highest BCUT2D eigenvalue weighted by molar-refractivity contribution is 6.27. The quantitative estimate of drug-likeness (QED) is 0.907. The Bertz CT molecular complexity index is 909. The van der Waals surface area contributed by atoms with Gasteiger partial charge >= 0.3 is 0 Å². The molecule has 2 aromatic rings. The fourth-order valence-electron chi connectivity index (χ4n) is 2.57. The first kappa shape index (κ1) is 15.6. The third kappa shape index (κ3) is 2.56. The Labute approximate surface area is 138 Å². The maximum absolute atomic E-state index is 12.6. The number of fused-ring (bicyclic) bond motifs is 1. The van der Waals surface area contributed by atoms with E-state index in [-0.39, 0.29) is 28.6 Å². The van der Waals surface area contributed by atoms with Gasteiger partial charge in [0.05, 0.1) is 12.8 Å². The van der Waals surface area contributed by atoms with E-state index < -0.39 is 0 Å². The summed E-state index contributed by atoms with van der Waals surface area (Å²) in [7, 11) is 1.46. The number of aromatic hydroxyl groups is 1. The van der Waals surface area contributed by atoms with E-state index in [0.717, 1.165) is 0 Å². The lowest BCUT2D eigenvalue weighted by atomic mass is 9.87. The van der Waals surface area contributed by atoms with Crippen LogP contribution < -0.4 is 10.5 Å². The van der Waals surface area contributed by atoms with Crippen molar-refractivity contribution in [3.05, 3.63) is 76.5 Å². The molecule has 0 aliphatic heterocycles. The summed E-state index contributed by atoms with van der Waals surface area (Å²) < 4.78 is 4.98. The van der Waals surface area contributed by atoms with Crippen molar-refractivity contribution in [1.82, 2.24) is 0 Å². The number of ketones is 2. The van der Waals surface area contributed by atoms with Gasteiger partial charge in [-0.25, -0.2) is 0 Å². The molecule has 0 fully saturated rings. The normalized spacial score (nSPS) is 14.2. The minimum absolute atomic E-state index is 0.0157. The zero-order valence-electron chi connectivity index (χ0n) is 12.9. The van der Waals surface area contributed by atoms with Gasteiger partial charge in [0, 0.05) is 16.7 Å². The summed E-state index contributed by atoms with van der Waals surface area (Å²) in [6, 6.07) is 11.4. The SMILES string of the molecule is COc1ccc(/C=C/C2=C(N)C(=O)c3ccccc3C2=O)cc1O. The number of carbonyl (C=O) groups is 2. The molecule has 0 saturated carbocycles. The molecule has 0 heterocycles. The van der Waals surface area contributed by atoms with Crippen molar-refractivity contribution in [2.45, 2.75) is 0 Å². The standard InChI is InChI=1S/C19H15NO4/c1-24-16-9-7-11(10-15(16)21)6-8-14-17(20)19(23)13-5-3-2-4-12(13)18(14)22/h2-10,21H,20H2,1H3/b8-6+. The Kier molecular flexibility index (Phi) is 3.92. The largest absolute Gasteiger partial charge is 0.504 e. The molecular formula is C19H15NO4. The number of ether oxygens (including phenoxy) is 1.